The van der Waals surface area contributed by atoms with Crippen molar-refractivity contribution in [2.45, 2.75) is 78.9 Å². The minimum Gasteiger partial charge on any atom is -0.286 e. The van der Waals surface area contributed by atoms with Crippen LogP contribution in [-0.2, 0) is 9.46 Å². The third-order valence-electron chi connectivity index (χ3n) is 3.98. The zero-order valence-corrected chi connectivity index (χ0v) is 15.3. The Morgan fingerprint density at radius 2 is 1.74 bits per heavy atom. The highest BCUT2D eigenvalue weighted by Crippen LogP contribution is 2.36. The van der Waals surface area contributed by atoms with Crippen molar-refractivity contribution in [3.63, 3.8) is 0 Å². The lowest BCUT2D eigenvalue weighted by Crippen LogP contribution is -2.40. The van der Waals surface area contributed by atoms with E-state index in [2.05, 4.69) is 60.7 Å². The second-order valence-electron chi connectivity index (χ2n) is 7.42. The maximum absolute atomic E-state index is 5.71. The molecule has 0 saturated carbocycles. The predicted molar refractivity (Wildman–Crippen MR) is 86.7 cm³/mol. The van der Waals surface area contributed by atoms with Gasteiger partial charge in [-0.25, -0.2) is 4.89 Å². The van der Waals surface area contributed by atoms with Gasteiger partial charge in [0.05, 0.1) is 6.61 Å². The third kappa shape index (κ3) is 8.61. The van der Waals surface area contributed by atoms with Gasteiger partial charge < -0.3 is 0 Å². The summed E-state index contributed by atoms with van der Waals surface area (Å²) in [6.45, 7) is 18.4. The zero-order chi connectivity index (χ0) is 15.1. The van der Waals surface area contributed by atoms with Crippen LogP contribution in [0.1, 0.15) is 60.8 Å². The van der Waals surface area contributed by atoms with Gasteiger partial charge in [-0.3, -0.25) is 4.58 Å². The Balaban J connectivity index is 3.78. The summed E-state index contributed by atoms with van der Waals surface area (Å²) in [5.41, 5.74) is 1.41. The number of allylic oxidation sites excluding steroid dienone is 2. The van der Waals surface area contributed by atoms with Gasteiger partial charge in [-0.15, -0.1) is 0 Å². The minimum absolute atomic E-state index is 0.210. The van der Waals surface area contributed by atoms with E-state index in [-0.39, 0.29) is 5.04 Å². The van der Waals surface area contributed by atoms with Crippen molar-refractivity contribution < 1.29 is 9.46 Å². The molecule has 0 rings (SSSR count). The Labute approximate surface area is 121 Å². The van der Waals surface area contributed by atoms with E-state index in [1.54, 1.807) is 0 Å². The first kappa shape index (κ1) is 18.9. The Bertz CT molecular complexity index is 273. The van der Waals surface area contributed by atoms with Crippen molar-refractivity contribution in [1.29, 1.82) is 0 Å². The van der Waals surface area contributed by atoms with Gasteiger partial charge >= 0.3 is 0 Å². The molecule has 0 aromatic carbocycles. The summed E-state index contributed by atoms with van der Waals surface area (Å²) in [7, 11) is -1.75. The van der Waals surface area contributed by atoms with E-state index in [1.807, 2.05) is 0 Å². The topological polar surface area (TPSA) is 18.5 Å². The first-order valence-electron chi connectivity index (χ1n) is 7.50. The van der Waals surface area contributed by atoms with Crippen LogP contribution in [0.2, 0.25) is 18.1 Å². The second kappa shape index (κ2) is 8.23. The van der Waals surface area contributed by atoms with Gasteiger partial charge in [0.1, 0.15) is 0 Å². The fraction of sp³-hybridized carbons (Fsp3) is 0.875. The molecule has 0 fully saturated rings. The van der Waals surface area contributed by atoms with Gasteiger partial charge in [0.25, 0.3) is 0 Å². The summed E-state index contributed by atoms with van der Waals surface area (Å²) in [6.07, 6.45) is 5.79. The number of hydrogen-bond donors (Lipinski definition) is 0. The standard InChI is InChI=1S/C16H34O2Si/c1-14(2)10-9-11-15(3)12-13-17-18-19(7,8)16(4,5)6/h10,15H,9,11-13H2,1-8H3. The van der Waals surface area contributed by atoms with E-state index < -0.39 is 8.32 Å². The monoisotopic (exact) mass is 286 g/mol. The van der Waals surface area contributed by atoms with Crippen molar-refractivity contribution in [2.75, 3.05) is 6.61 Å². The summed E-state index contributed by atoms with van der Waals surface area (Å²) in [6, 6.07) is 0. The van der Waals surface area contributed by atoms with Crippen molar-refractivity contribution >= 4 is 8.32 Å². The van der Waals surface area contributed by atoms with Crippen molar-refractivity contribution in [3.05, 3.63) is 11.6 Å². The average Bonchev–Trinajstić information content (AvgIpc) is 2.22. The second-order valence-corrected chi connectivity index (χ2v) is 12.1. The molecule has 3 heteroatoms. The van der Waals surface area contributed by atoms with Crippen LogP contribution >= 0.6 is 0 Å². The van der Waals surface area contributed by atoms with Crippen LogP contribution in [-0.4, -0.2) is 14.9 Å². The maximum Gasteiger partial charge on any atom is 0.238 e. The molecule has 0 radical (unpaired) electrons. The Kier molecular flexibility index (Phi) is 8.17. The lowest BCUT2D eigenvalue weighted by molar-refractivity contribution is -0.223. The molecule has 0 N–H and O–H groups in total. The average molecular weight is 287 g/mol. The van der Waals surface area contributed by atoms with Crippen LogP contribution in [0.5, 0.6) is 0 Å². The summed E-state index contributed by atoms with van der Waals surface area (Å²) in [5.74, 6) is 0.693. The molecule has 0 spiro atoms. The molecule has 1 atom stereocenters. The molecular weight excluding hydrogens is 252 g/mol. The smallest absolute Gasteiger partial charge is 0.238 e. The van der Waals surface area contributed by atoms with Crippen molar-refractivity contribution in [2.24, 2.45) is 5.92 Å². The molecule has 1 unspecified atom stereocenters. The molecule has 114 valence electrons. The third-order valence-corrected chi connectivity index (χ3v) is 8.13. The Morgan fingerprint density at radius 1 is 1.16 bits per heavy atom. The molecule has 0 amide bonds. The molecule has 19 heavy (non-hydrogen) atoms. The first-order valence-corrected chi connectivity index (χ1v) is 10.4. The van der Waals surface area contributed by atoms with E-state index >= 15 is 0 Å². The summed E-state index contributed by atoms with van der Waals surface area (Å²) in [4.78, 5) is 5.47. The van der Waals surface area contributed by atoms with Gasteiger partial charge in [0.2, 0.25) is 8.32 Å². The minimum atomic E-state index is -1.75. The molecule has 0 aromatic heterocycles. The summed E-state index contributed by atoms with van der Waals surface area (Å²) in [5, 5.41) is 0.210. The van der Waals surface area contributed by atoms with Crippen molar-refractivity contribution in [3.8, 4) is 0 Å². The molecule has 0 aliphatic carbocycles. The van der Waals surface area contributed by atoms with Crippen LogP contribution in [0.3, 0.4) is 0 Å². The maximum atomic E-state index is 5.71. The van der Waals surface area contributed by atoms with E-state index in [9.17, 15) is 0 Å². The highest BCUT2D eigenvalue weighted by molar-refractivity contribution is 6.73. The van der Waals surface area contributed by atoms with Crippen LogP contribution in [0.4, 0.5) is 0 Å². The first-order chi connectivity index (χ1) is 8.56. The number of hydrogen-bond acceptors (Lipinski definition) is 2. The molecule has 2 nitrogen and oxygen atoms in total. The fourth-order valence-electron chi connectivity index (χ4n) is 1.36. The lowest BCUT2D eigenvalue weighted by atomic mass is 10.0. The molecule has 0 aliphatic rings. The van der Waals surface area contributed by atoms with E-state index in [4.69, 9.17) is 9.46 Å². The van der Waals surface area contributed by atoms with Crippen LogP contribution in [0.25, 0.3) is 0 Å². The van der Waals surface area contributed by atoms with Gasteiger partial charge in [-0.1, -0.05) is 39.3 Å². The predicted octanol–water partition coefficient (Wildman–Crippen LogP) is 5.71. The molecule has 0 bridgehead atoms. The number of rotatable bonds is 8. The quantitative estimate of drug-likeness (QED) is 0.187. The molecule has 0 aromatic rings. The largest absolute Gasteiger partial charge is 0.286 e. The van der Waals surface area contributed by atoms with Gasteiger partial charge in [0.15, 0.2) is 0 Å². The van der Waals surface area contributed by atoms with Gasteiger partial charge in [0, 0.05) is 0 Å². The summed E-state index contributed by atoms with van der Waals surface area (Å²) < 4.78 is 5.71. The highest BCUT2D eigenvalue weighted by Gasteiger charge is 2.38. The van der Waals surface area contributed by atoms with Gasteiger partial charge in [-0.2, -0.15) is 0 Å². The zero-order valence-electron chi connectivity index (χ0n) is 14.3. The van der Waals surface area contributed by atoms with Crippen LogP contribution < -0.4 is 0 Å². The Hall–Kier alpha value is -0.123. The molecular formula is C16H34O2Si. The molecule has 0 saturated heterocycles. The Morgan fingerprint density at radius 3 is 2.21 bits per heavy atom. The van der Waals surface area contributed by atoms with E-state index in [0.717, 1.165) is 6.42 Å². The van der Waals surface area contributed by atoms with Crippen LogP contribution in [0, 0.1) is 5.92 Å². The van der Waals surface area contributed by atoms with Crippen molar-refractivity contribution in [1.82, 2.24) is 0 Å². The molecule has 0 heterocycles. The SMILES string of the molecule is CC(C)=CCCC(C)CCOO[Si](C)(C)C(C)(C)C. The lowest BCUT2D eigenvalue weighted by Gasteiger charge is -2.34. The molecule has 0 aliphatic heterocycles. The van der Waals surface area contributed by atoms with Gasteiger partial charge in [-0.05, 0) is 57.2 Å². The fourth-order valence-corrected chi connectivity index (χ4v) is 1.99. The highest BCUT2D eigenvalue weighted by atomic mass is 28.4. The van der Waals surface area contributed by atoms with E-state index in [0.29, 0.717) is 12.5 Å². The summed E-state index contributed by atoms with van der Waals surface area (Å²) >= 11 is 0. The normalized spacial score (nSPS) is 14.3. The van der Waals surface area contributed by atoms with Crippen LogP contribution in [0.15, 0.2) is 11.6 Å². The van der Waals surface area contributed by atoms with E-state index in [1.165, 1.54) is 18.4 Å².